The molecule has 2 fully saturated rings. The van der Waals surface area contributed by atoms with E-state index in [4.69, 9.17) is 9.97 Å². The first kappa shape index (κ1) is 39.8. The SMILES string of the molecule is CCCC(CC)C1CCCC(c2c3nc(c(C4CCCC(C(C)C)CCC4)c4ccc([nH]4)c(CC)c4nc(c(C(C)CC)c5ccc2[nH]5)C=C4)C=C3)CCC1. The first-order valence-corrected chi connectivity index (χ1v) is 23.0. The highest BCUT2D eigenvalue weighted by Crippen LogP contribution is 2.43. The highest BCUT2D eigenvalue weighted by molar-refractivity contribution is 5.84. The normalized spacial score (nSPS) is 23.3. The highest BCUT2D eigenvalue weighted by Gasteiger charge is 2.28. The van der Waals surface area contributed by atoms with Crippen LogP contribution < -0.4 is 0 Å². The van der Waals surface area contributed by atoms with E-state index in [9.17, 15) is 0 Å². The van der Waals surface area contributed by atoms with Crippen molar-refractivity contribution in [1.29, 1.82) is 0 Å². The van der Waals surface area contributed by atoms with Crippen LogP contribution in [0.5, 0.6) is 0 Å². The van der Waals surface area contributed by atoms with Crippen molar-refractivity contribution in [3.05, 3.63) is 69.3 Å². The van der Waals surface area contributed by atoms with Gasteiger partial charge in [-0.3, -0.25) is 0 Å². The summed E-state index contributed by atoms with van der Waals surface area (Å²) in [6.07, 6.45) is 30.9. The first-order valence-electron chi connectivity index (χ1n) is 23.0. The van der Waals surface area contributed by atoms with Crippen molar-refractivity contribution in [3.8, 4) is 0 Å². The van der Waals surface area contributed by atoms with Crippen LogP contribution in [-0.2, 0) is 6.42 Å². The maximum atomic E-state index is 5.73. The molecule has 2 aliphatic carbocycles. The largest absolute Gasteiger partial charge is 0.355 e. The van der Waals surface area contributed by atoms with Crippen LogP contribution in [0.4, 0.5) is 0 Å². The van der Waals surface area contributed by atoms with E-state index in [0.717, 1.165) is 47.9 Å². The Bertz CT molecular complexity index is 1970. The molecule has 0 saturated heterocycles. The Balaban J connectivity index is 1.44. The quantitative estimate of drug-likeness (QED) is 0.150. The third-order valence-electron chi connectivity index (χ3n) is 14.6. The number of fused-ring (bicyclic) bond motifs is 8. The van der Waals surface area contributed by atoms with E-state index < -0.39 is 0 Å². The zero-order valence-corrected chi connectivity index (χ0v) is 35.6. The molecule has 3 aromatic heterocycles. The second kappa shape index (κ2) is 18.2. The van der Waals surface area contributed by atoms with E-state index in [1.165, 1.54) is 152 Å². The Morgan fingerprint density at radius 1 is 0.564 bits per heavy atom. The molecule has 0 radical (unpaired) electrons. The van der Waals surface area contributed by atoms with E-state index in [-0.39, 0.29) is 0 Å². The molecule has 4 heteroatoms. The van der Waals surface area contributed by atoms with Crippen molar-refractivity contribution >= 4 is 46.4 Å². The molecule has 4 nitrogen and oxygen atoms in total. The third kappa shape index (κ3) is 8.64. The van der Waals surface area contributed by atoms with Crippen molar-refractivity contribution in [3.63, 3.8) is 0 Å². The van der Waals surface area contributed by atoms with Crippen LogP contribution in [0.3, 0.4) is 0 Å². The molecule has 3 aromatic rings. The smallest absolute Gasteiger partial charge is 0.0693 e. The lowest BCUT2D eigenvalue weighted by molar-refractivity contribution is 0.238. The molecule has 2 unspecified atom stereocenters. The lowest BCUT2D eigenvalue weighted by Crippen LogP contribution is -2.17. The predicted octanol–water partition coefficient (Wildman–Crippen LogP) is 15.3. The Kier molecular flexibility index (Phi) is 13.2. The minimum absolute atomic E-state index is 0.382. The van der Waals surface area contributed by atoms with Crippen molar-refractivity contribution < 1.29 is 0 Å². The summed E-state index contributed by atoms with van der Waals surface area (Å²) in [6.45, 7) is 16.6. The Morgan fingerprint density at radius 2 is 1.05 bits per heavy atom. The van der Waals surface area contributed by atoms with Crippen LogP contribution in [0, 0.1) is 23.7 Å². The lowest BCUT2D eigenvalue weighted by atomic mass is 9.75. The number of hydrogen-bond donors (Lipinski definition) is 2. The summed E-state index contributed by atoms with van der Waals surface area (Å²) in [5.41, 5.74) is 15.0. The number of nitrogens with zero attached hydrogens (tertiary/aromatic N) is 2. The molecule has 8 bridgehead atoms. The van der Waals surface area contributed by atoms with Crippen molar-refractivity contribution in [2.24, 2.45) is 23.7 Å². The summed E-state index contributed by atoms with van der Waals surface area (Å²) in [5.74, 6) is 4.77. The number of rotatable bonds is 10. The highest BCUT2D eigenvalue weighted by atomic mass is 14.8. The summed E-state index contributed by atoms with van der Waals surface area (Å²) >= 11 is 0. The van der Waals surface area contributed by atoms with Crippen LogP contribution in [-0.4, -0.2) is 19.9 Å². The summed E-state index contributed by atoms with van der Waals surface area (Å²) in [7, 11) is 0. The molecule has 0 spiro atoms. The molecule has 2 aliphatic heterocycles. The molecule has 7 rings (SSSR count). The van der Waals surface area contributed by atoms with Gasteiger partial charge >= 0.3 is 0 Å². The van der Waals surface area contributed by atoms with Crippen molar-refractivity contribution in [1.82, 2.24) is 19.9 Å². The van der Waals surface area contributed by atoms with Gasteiger partial charge in [-0.15, -0.1) is 0 Å². The zero-order valence-electron chi connectivity index (χ0n) is 35.6. The minimum Gasteiger partial charge on any atom is -0.355 e. The Hall–Kier alpha value is -3.40. The summed E-state index contributed by atoms with van der Waals surface area (Å²) < 4.78 is 0. The van der Waals surface area contributed by atoms with E-state index in [2.05, 4.69) is 107 Å². The number of H-pyrrole nitrogens is 2. The number of nitrogens with one attached hydrogen (secondary N) is 2. The maximum absolute atomic E-state index is 5.73. The standard InChI is InChI=1S/C51H72N4/c1-8-16-35(10-3)37-19-14-23-39(24-15-20-37)51-46-30-29-44(54-46)49(34(7)9-2)43-27-25-41(52-43)40(11-4)42-26-28-45(53-42)50(47-31-32-48(51)55-47)38-21-12-17-36(33(5)6)18-13-22-38/h25-39,53-54H,8-24H2,1-7H3. The van der Waals surface area contributed by atoms with Gasteiger partial charge in [-0.05, 0) is 129 Å². The third-order valence-corrected chi connectivity index (χ3v) is 14.6. The van der Waals surface area contributed by atoms with Gasteiger partial charge in [0.1, 0.15) is 0 Å². The fraction of sp³-hybridized carbons (Fsp3) is 0.608. The van der Waals surface area contributed by atoms with E-state index >= 15 is 0 Å². The van der Waals surface area contributed by atoms with Gasteiger partial charge in [0.05, 0.1) is 22.8 Å². The summed E-state index contributed by atoms with van der Waals surface area (Å²) in [5, 5.41) is 0. The number of aromatic nitrogens is 4. The van der Waals surface area contributed by atoms with Crippen molar-refractivity contribution in [2.45, 2.75) is 175 Å². The summed E-state index contributed by atoms with van der Waals surface area (Å²) in [6, 6.07) is 9.41. The molecule has 2 saturated carbocycles. The molecule has 55 heavy (non-hydrogen) atoms. The maximum Gasteiger partial charge on any atom is 0.0693 e. The summed E-state index contributed by atoms with van der Waals surface area (Å²) in [4.78, 5) is 19.2. The van der Waals surface area contributed by atoms with Gasteiger partial charge in [0.15, 0.2) is 0 Å². The molecule has 0 amide bonds. The van der Waals surface area contributed by atoms with Crippen molar-refractivity contribution in [2.75, 3.05) is 0 Å². The van der Waals surface area contributed by atoms with E-state index in [1.807, 2.05) is 0 Å². The number of aromatic amines is 2. The van der Waals surface area contributed by atoms with Gasteiger partial charge in [-0.2, -0.15) is 0 Å². The molecular formula is C51H72N4. The fourth-order valence-electron chi connectivity index (χ4n) is 11.2. The molecule has 2 atom stereocenters. The first-order chi connectivity index (χ1) is 26.8. The minimum atomic E-state index is 0.382. The molecule has 5 heterocycles. The van der Waals surface area contributed by atoms with Crippen LogP contribution >= 0.6 is 0 Å². The number of hydrogen-bond acceptors (Lipinski definition) is 2. The van der Waals surface area contributed by atoms with Gasteiger partial charge in [0.25, 0.3) is 0 Å². The number of aryl methyl sites for hydroxylation is 1. The zero-order chi connectivity index (χ0) is 38.5. The fourth-order valence-corrected chi connectivity index (χ4v) is 11.2. The predicted molar refractivity (Wildman–Crippen MR) is 238 cm³/mol. The lowest BCUT2D eigenvalue weighted by Gasteiger charge is -2.30. The second-order valence-corrected chi connectivity index (χ2v) is 18.2. The monoisotopic (exact) mass is 741 g/mol. The van der Waals surface area contributed by atoms with Crippen LogP contribution in [0.1, 0.15) is 214 Å². The van der Waals surface area contributed by atoms with Gasteiger partial charge in [0.2, 0.25) is 0 Å². The Morgan fingerprint density at radius 3 is 1.58 bits per heavy atom. The molecule has 0 aromatic carbocycles. The van der Waals surface area contributed by atoms with Crippen LogP contribution in [0.15, 0.2) is 24.3 Å². The van der Waals surface area contributed by atoms with Crippen LogP contribution in [0.25, 0.3) is 46.4 Å². The molecular weight excluding hydrogens is 669 g/mol. The van der Waals surface area contributed by atoms with E-state index in [1.54, 1.807) is 0 Å². The topological polar surface area (TPSA) is 57.4 Å². The van der Waals surface area contributed by atoms with E-state index in [0.29, 0.717) is 17.8 Å². The molecule has 4 aliphatic rings. The Labute approximate surface area is 333 Å². The average molecular weight is 741 g/mol. The molecule has 296 valence electrons. The van der Waals surface area contributed by atoms with Gasteiger partial charge < -0.3 is 9.97 Å². The van der Waals surface area contributed by atoms with Gasteiger partial charge in [0, 0.05) is 44.3 Å². The van der Waals surface area contributed by atoms with Gasteiger partial charge in [-0.25, -0.2) is 9.97 Å². The molecule has 2 N–H and O–H groups in total. The van der Waals surface area contributed by atoms with Crippen LogP contribution in [0.2, 0.25) is 0 Å². The van der Waals surface area contributed by atoms with Gasteiger partial charge in [-0.1, -0.05) is 119 Å². The second-order valence-electron chi connectivity index (χ2n) is 18.2. The average Bonchev–Trinajstić information content (AvgIpc) is 3.99.